The zero-order chi connectivity index (χ0) is 28.2. The van der Waals surface area contributed by atoms with Gasteiger partial charge in [-0.2, -0.15) is 0 Å². The van der Waals surface area contributed by atoms with Crippen LogP contribution in [0, 0.1) is 20.8 Å². The second kappa shape index (κ2) is 11.7. The highest BCUT2D eigenvalue weighted by atomic mass is 14.2. The second-order valence-corrected chi connectivity index (χ2v) is 10.8. The predicted octanol–water partition coefficient (Wildman–Crippen LogP) is 11.6. The van der Waals surface area contributed by atoms with Crippen molar-refractivity contribution in [1.29, 1.82) is 0 Å². The molecule has 0 amide bonds. The minimum atomic E-state index is 1.27. The van der Waals surface area contributed by atoms with E-state index in [0.717, 1.165) is 0 Å². The fourth-order valence-corrected chi connectivity index (χ4v) is 5.66. The summed E-state index contributed by atoms with van der Waals surface area (Å²) in [6.45, 7) is 6.52. The summed E-state index contributed by atoms with van der Waals surface area (Å²) in [5.74, 6) is 0. The number of hydrogen-bond acceptors (Lipinski definition) is 0. The average molecular weight is 527 g/mol. The first kappa shape index (κ1) is 26.3. The fraction of sp³-hybridized carbons (Fsp3) is 0.0732. The molecule has 0 fully saturated rings. The Morgan fingerprint density at radius 3 is 1.73 bits per heavy atom. The number of fused-ring (bicyclic) bond motifs is 2. The molecule has 0 unspecified atom stereocenters. The van der Waals surface area contributed by atoms with Crippen molar-refractivity contribution < 1.29 is 0 Å². The molecule has 7 aromatic carbocycles. The molecule has 0 radical (unpaired) electrons. The smallest absolute Gasteiger partial charge is 0.00732 e. The Hall–Kier alpha value is -4.94. The first-order chi connectivity index (χ1) is 20.1. The number of benzene rings is 7. The van der Waals surface area contributed by atoms with Crippen molar-refractivity contribution in [3.05, 3.63) is 168 Å². The van der Waals surface area contributed by atoms with E-state index in [4.69, 9.17) is 0 Å². The maximum absolute atomic E-state index is 2.37. The van der Waals surface area contributed by atoms with Crippen molar-refractivity contribution in [2.45, 2.75) is 20.8 Å². The summed E-state index contributed by atoms with van der Waals surface area (Å²) in [4.78, 5) is 0. The normalized spacial score (nSPS) is 10.8. The molecule has 0 saturated heterocycles. The largest absolute Gasteiger partial charge is 0.0622 e. The Kier molecular flexibility index (Phi) is 7.48. The van der Waals surface area contributed by atoms with Gasteiger partial charge in [0.25, 0.3) is 0 Å². The molecule has 198 valence electrons. The first-order valence-corrected chi connectivity index (χ1v) is 14.3. The van der Waals surface area contributed by atoms with Crippen LogP contribution in [0.3, 0.4) is 0 Å². The van der Waals surface area contributed by atoms with E-state index < -0.39 is 0 Å². The average Bonchev–Trinajstić information content (AvgIpc) is 3.02. The van der Waals surface area contributed by atoms with Crippen molar-refractivity contribution in [2.75, 3.05) is 0 Å². The van der Waals surface area contributed by atoms with E-state index in [2.05, 4.69) is 166 Å². The van der Waals surface area contributed by atoms with Gasteiger partial charge < -0.3 is 0 Å². The van der Waals surface area contributed by atoms with Crippen molar-refractivity contribution in [1.82, 2.24) is 0 Å². The molecule has 0 nitrogen and oxygen atoms in total. The number of aryl methyl sites for hydroxylation is 3. The molecule has 0 aromatic heterocycles. The Bertz CT molecular complexity index is 1940. The third kappa shape index (κ3) is 5.55. The third-order valence-corrected chi connectivity index (χ3v) is 7.90. The van der Waals surface area contributed by atoms with Crippen LogP contribution in [-0.2, 0) is 0 Å². The molecule has 0 atom stereocenters. The van der Waals surface area contributed by atoms with Crippen LogP contribution in [0.1, 0.15) is 16.7 Å². The van der Waals surface area contributed by atoms with Crippen LogP contribution in [-0.4, -0.2) is 0 Å². The van der Waals surface area contributed by atoms with E-state index in [-0.39, 0.29) is 0 Å². The number of rotatable bonds is 3. The topological polar surface area (TPSA) is 0 Å². The van der Waals surface area contributed by atoms with Crippen LogP contribution >= 0.6 is 0 Å². The zero-order valence-corrected chi connectivity index (χ0v) is 23.9. The lowest BCUT2D eigenvalue weighted by atomic mass is 9.89. The molecular formula is C41H34. The quantitative estimate of drug-likeness (QED) is 0.215. The van der Waals surface area contributed by atoms with Gasteiger partial charge in [0.15, 0.2) is 0 Å². The van der Waals surface area contributed by atoms with E-state index in [9.17, 15) is 0 Å². The van der Waals surface area contributed by atoms with Gasteiger partial charge in [0.1, 0.15) is 0 Å². The molecule has 0 spiro atoms. The van der Waals surface area contributed by atoms with Gasteiger partial charge in [-0.1, -0.05) is 151 Å². The van der Waals surface area contributed by atoms with E-state index >= 15 is 0 Å². The number of hydrogen-bond donors (Lipinski definition) is 0. The lowest BCUT2D eigenvalue weighted by Gasteiger charge is -2.15. The van der Waals surface area contributed by atoms with Crippen molar-refractivity contribution >= 4 is 21.5 Å². The summed E-state index contributed by atoms with van der Waals surface area (Å²) in [6.07, 6.45) is 0. The third-order valence-electron chi connectivity index (χ3n) is 7.90. The van der Waals surface area contributed by atoms with E-state index in [1.165, 1.54) is 71.6 Å². The molecule has 0 saturated carbocycles. The van der Waals surface area contributed by atoms with Crippen LogP contribution in [0.2, 0.25) is 0 Å². The summed E-state index contributed by atoms with van der Waals surface area (Å²) < 4.78 is 0. The van der Waals surface area contributed by atoms with Gasteiger partial charge in [0.2, 0.25) is 0 Å². The highest BCUT2D eigenvalue weighted by Crippen LogP contribution is 2.37. The summed E-state index contributed by atoms with van der Waals surface area (Å²) in [7, 11) is 0. The SMILES string of the molecule is Cc1ccc(-c2ccccc2)cc1.Cc1ccccc1-c1c(C)ccc2ccc(-c3cccc4ccccc34)cc12. The molecule has 0 heterocycles. The van der Waals surface area contributed by atoms with Gasteiger partial charge in [-0.15, -0.1) is 0 Å². The van der Waals surface area contributed by atoms with Crippen molar-refractivity contribution in [3.63, 3.8) is 0 Å². The van der Waals surface area contributed by atoms with E-state index in [1.807, 2.05) is 6.07 Å². The lowest BCUT2D eigenvalue weighted by Crippen LogP contribution is -1.90. The minimum absolute atomic E-state index is 1.27. The van der Waals surface area contributed by atoms with Crippen LogP contribution in [0.15, 0.2) is 152 Å². The van der Waals surface area contributed by atoms with Gasteiger partial charge in [0, 0.05) is 0 Å². The second-order valence-electron chi connectivity index (χ2n) is 10.8. The van der Waals surface area contributed by atoms with Crippen molar-refractivity contribution in [2.24, 2.45) is 0 Å². The minimum Gasteiger partial charge on any atom is -0.0622 e. The fourth-order valence-electron chi connectivity index (χ4n) is 5.66. The molecule has 7 aromatic rings. The Morgan fingerprint density at radius 1 is 0.341 bits per heavy atom. The standard InChI is InChI=1S/C28H22.C13H12/c1-19-8-3-5-11-24(19)28-20(2)14-15-22-16-17-23(18-27(22)28)26-13-7-10-21-9-4-6-12-25(21)26;1-11-7-9-13(10-8-11)12-5-3-2-4-6-12/h3-18H,1-2H3;2-10H,1H3. The molecule has 7 rings (SSSR count). The van der Waals surface area contributed by atoms with Crippen LogP contribution < -0.4 is 0 Å². The summed E-state index contributed by atoms with van der Waals surface area (Å²) >= 11 is 0. The van der Waals surface area contributed by atoms with Gasteiger partial charge >= 0.3 is 0 Å². The van der Waals surface area contributed by atoms with Gasteiger partial charge in [-0.05, 0) is 92.9 Å². The van der Waals surface area contributed by atoms with Crippen molar-refractivity contribution in [3.8, 4) is 33.4 Å². The summed E-state index contributed by atoms with van der Waals surface area (Å²) in [6, 6.07) is 54.2. The van der Waals surface area contributed by atoms with Gasteiger partial charge in [0.05, 0.1) is 0 Å². The Labute approximate surface area is 243 Å². The molecule has 41 heavy (non-hydrogen) atoms. The molecule has 0 aliphatic rings. The van der Waals surface area contributed by atoms with Crippen LogP contribution in [0.4, 0.5) is 0 Å². The summed E-state index contributed by atoms with van der Waals surface area (Å²) in [5.41, 5.74) is 11.7. The van der Waals surface area contributed by atoms with Crippen LogP contribution in [0.5, 0.6) is 0 Å². The molecule has 0 aliphatic heterocycles. The zero-order valence-electron chi connectivity index (χ0n) is 23.9. The Morgan fingerprint density at radius 2 is 0.927 bits per heavy atom. The molecule has 0 bridgehead atoms. The molecular weight excluding hydrogens is 492 g/mol. The highest BCUT2D eigenvalue weighted by Gasteiger charge is 2.12. The van der Waals surface area contributed by atoms with Crippen LogP contribution in [0.25, 0.3) is 54.9 Å². The lowest BCUT2D eigenvalue weighted by molar-refractivity contribution is 1.43. The maximum atomic E-state index is 2.37. The summed E-state index contributed by atoms with van der Waals surface area (Å²) in [5, 5.41) is 5.19. The van der Waals surface area contributed by atoms with E-state index in [1.54, 1.807) is 0 Å². The first-order valence-electron chi connectivity index (χ1n) is 14.3. The predicted molar refractivity (Wildman–Crippen MR) is 178 cm³/mol. The van der Waals surface area contributed by atoms with Gasteiger partial charge in [-0.3, -0.25) is 0 Å². The molecule has 0 aliphatic carbocycles. The van der Waals surface area contributed by atoms with E-state index in [0.29, 0.717) is 0 Å². The monoisotopic (exact) mass is 526 g/mol. The Balaban J connectivity index is 0.000000195. The van der Waals surface area contributed by atoms with Gasteiger partial charge in [-0.25, -0.2) is 0 Å². The highest BCUT2D eigenvalue weighted by molar-refractivity contribution is 6.04. The maximum Gasteiger partial charge on any atom is -0.00732 e. The molecule has 0 heteroatoms. The molecule has 0 N–H and O–H groups in total.